The number of hydrogen-bond acceptors (Lipinski definition) is 3. The Hall–Kier alpha value is -0.930. The van der Waals surface area contributed by atoms with Crippen LogP contribution in [0.15, 0.2) is 29.3 Å². The maximum absolute atomic E-state index is 5.44. The highest BCUT2D eigenvalue weighted by atomic mass is 16.7. The molecule has 13 heavy (non-hydrogen) atoms. The van der Waals surface area contributed by atoms with Crippen molar-refractivity contribution in [2.24, 2.45) is 4.99 Å². The molecule has 0 aromatic heterocycles. The van der Waals surface area contributed by atoms with Gasteiger partial charge in [-0.15, -0.1) is 0 Å². The van der Waals surface area contributed by atoms with Gasteiger partial charge in [0.2, 0.25) is 0 Å². The van der Waals surface area contributed by atoms with E-state index in [2.05, 4.69) is 4.99 Å². The Bertz CT molecular complexity index is 207. The van der Waals surface area contributed by atoms with E-state index in [4.69, 9.17) is 9.47 Å². The predicted molar refractivity (Wildman–Crippen MR) is 52.8 cm³/mol. The van der Waals surface area contributed by atoms with Crippen molar-refractivity contribution in [3.05, 3.63) is 24.3 Å². The second kappa shape index (κ2) is 4.94. The first-order valence-corrected chi connectivity index (χ1v) is 4.50. The molecule has 0 unspecified atom stereocenters. The normalized spacial score (nSPS) is 18.9. The van der Waals surface area contributed by atoms with Crippen LogP contribution in [0.2, 0.25) is 0 Å². The summed E-state index contributed by atoms with van der Waals surface area (Å²) in [5.41, 5.74) is 0. The van der Waals surface area contributed by atoms with Gasteiger partial charge < -0.3 is 9.47 Å². The summed E-state index contributed by atoms with van der Waals surface area (Å²) in [6.07, 6.45) is 9.10. The highest BCUT2D eigenvalue weighted by molar-refractivity contribution is 5.72. The van der Waals surface area contributed by atoms with Crippen molar-refractivity contribution in [1.82, 2.24) is 0 Å². The summed E-state index contributed by atoms with van der Waals surface area (Å²) >= 11 is 0. The van der Waals surface area contributed by atoms with Crippen molar-refractivity contribution in [1.29, 1.82) is 0 Å². The van der Waals surface area contributed by atoms with Gasteiger partial charge in [-0.25, -0.2) is 4.99 Å². The number of rotatable bonds is 4. The van der Waals surface area contributed by atoms with Gasteiger partial charge in [0.05, 0.1) is 0 Å². The van der Waals surface area contributed by atoms with Crippen LogP contribution >= 0.6 is 0 Å². The lowest BCUT2D eigenvalue weighted by molar-refractivity contribution is -0.192. The standard InChI is InChI=1S/C10H15NO2/c1-3-12-10(13-4-2)8-6-5-7-9-11-10/h5-9H,3-4H2,1-2H3. The van der Waals surface area contributed by atoms with Gasteiger partial charge in [0, 0.05) is 19.4 Å². The molecule has 0 spiro atoms. The predicted octanol–water partition coefficient (Wildman–Crippen LogP) is 1.91. The Morgan fingerprint density at radius 2 is 1.77 bits per heavy atom. The quantitative estimate of drug-likeness (QED) is 0.620. The molecule has 0 saturated carbocycles. The molecular weight excluding hydrogens is 166 g/mol. The summed E-state index contributed by atoms with van der Waals surface area (Å²) in [4.78, 5) is 4.19. The summed E-state index contributed by atoms with van der Waals surface area (Å²) < 4.78 is 10.9. The molecule has 0 saturated heterocycles. The van der Waals surface area contributed by atoms with Gasteiger partial charge in [-0.3, -0.25) is 0 Å². The van der Waals surface area contributed by atoms with Crippen LogP contribution in [0.4, 0.5) is 0 Å². The molecule has 0 radical (unpaired) electrons. The van der Waals surface area contributed by atoms with E-state index >= 15 is 0 Å². The number of nitrogens with zero attached hydrogens (tertiary/aromatic N) is 1. The molecule has 3 nitrogen and oxygen atoms in total. The molecular formula is C10H15NO2. The SMILES string of the molecule is CCOC1(OCC)C=CC=CC=N1. The van der Waals surface area contributed by atoms with Gasteiger partial charge in [0.15, 0.2) is 0 Å². The molecule has 1 aliphatic rings. The third-order valence-corrected chi connectivity index (χ3v) is 1.57. The van der Waals surface area contributed by atoms with Crippen molar-refractivity contribution >= 4 is 6.21 Å². The van der Waals surface area contributed by atoms with Crippen molar-refractivity contribution in [2.45, 2.75) is 19.8 Å². The topological polar surface area (TPSA) is 30.8 Å². The van der Waals surface area contributed by atoms with Crippen molar-refractivity contribution < 1.29 is 9.47 Å². The third kappa shape index (κ3) is 2.79. The average molecular weight is 181 g/mol. The highest BCUT2D eigenvalue weighted by Gasteiger charge is 2.26. The summed E-state index contributed by atoms with van der Waals surface area (Å²) in [5.74, 6) is -0.910. The summed E-state index contributed by atoms with van der Waals surface area (Å²) in [5, 5.41) is 0. The van der Waals surface area contributed by atoms with Crippen LogP contribution in [0, 0.1) is 0 Å². The minimum atomic E-state index is -0.910. The maximum atomic E-state index is 5.44. The Balaban J connectivity index is 2.76. The van der Waals surface area contributed by atoms with E-state index in [1.807, 2.05) is 32.1 Å². The van der Waals surface area contributed by atoms with E-state index in [-0.39, 0.29) is 0 Å². The largest absolute Gasteiger partial charge is 0.328 e. The zero-order valence-electron chi connectivity index (χ0n) is 8.06. The van der Waals surface area contributed by atoms with E-state index in [1.165, 1.54) is 0 Å². The number of allylic oxidation sites excluding steroid dienone is 3. The maximum Gasteiger partial charge on any atom is 0.290 e. The Kier molecular flexibility index (Phi) is 3.86. The monoisotopic (exact) mass is 181 g/mol. The van der Waals surface area contributed by atoms with Gasteiger partial charge in [0.25, 0.3) is 5.91 Å². The molecule has 0 aromatic carbocycles. The fraction of sp³-hybridized carbons (Fsp3) is 0.500. The Morgan fingerprint density at radius 3 is 2.38 bits per heavy atom. The highest BCUT2D eigenvalue weighted by Crippen LogP contribution is 2.18. The number of ether oxygens (including phenoxy) is 2. The molecule has 1 rings (SSSR count). The van der Waals surface area contributed by atoms with Gasteiger partial charge in [-0.05, 0) is 26.0 Å². The molecule has 0 aliphatic carbocycles. The molecule has 1 aliphatic heterocycles. The van der Waals surface area contributed by atoms with E-state index in [0.29, 0.717) is 13.2 Å². The van der Waals surface area contributed by atoms with Crippen LogP contribution in [0.25, 0.3) is 0 Å². The van der Waals surface area contributed by atoms with E-state index in [1.54, 1.807) is 12.3 Å². The third-order valence-electron chi connectivity index (χ3n) is 1.57. The number of aliphatic imine (C=N–C) groups is 1. The van der Waals surface area contributed by atoms with Crippen molar-refractivity contribution in [3.63, 3.8) is 0 Å². The summed E-state index contributed by atoms with van der Waals surface area (Å²) in [6.45, 7) is 4.98. The van der Waals surface area contributed by atoms with Crippen LogP contribution in [0.3, 0.4) is 0 Å². The molecule has 1 heterocycles. The molecule has 0 fully saturated rings. The smallest absolute Gasteiger partial charge is 0.290 e. The molecule has 0 bridgehead atoms. The van der Waals surface area contributed by atoms with E-state index < -0.39 is 5.91 Å². The molecule has 0 atom stereocenters. The van der Waals surface area contributed by atoms with Gasteiger partial charge in [0.1, 0.15) is 0 Å². The first-order chi connectivity index (χ1) is 6.33. The minimum absolute atomic E-state index is 0.571. The molecule has 0 amide bonds. The minimum Gasteiger partial charge on any atom is -0.328 e. The Morgan fingerprint density at radius 1 is 1.08 bits per heavy atom. The molecule has 0 aromatic rings. The van der Waals surface area contributed by atoms with Crippen LogP contribution in [0.5, 0.6) is 0 Å². The van der Waals surface area contributed by atoms with Gasteiger partial charge in [-0.1, -0.05) is 12.2 Å². The molecule has 72 valence electrons. The Labute approximate surface area is 78.8 Å². The first-order valence-electron chi connectivity index (χ1n) is 4.50. The van der Waals surface area contributed by atoms with Crippen molar-refractivity contribution in [3.8, 4) is 0 Å². The van der Waals surface area contributed by atoms with Crippen molar-refractivity contribution in [2.75, 3.05) is 13.2 Å². The summed E-state index contributed by atoms with van der Waals surface area (Å²) in [6, 6.07) is 0. The molecule has 3 heteroatoms. The van der Waals surface area contributed by atoms with Crippen LogP contribution in [-0.2, 0) is 9.47 Å². The lowest BCUT2D eigenvalue weighted by Crippen LogP contribution is -2.31. The van der Waals surface area contributed by atoms with Crippen LogP contribution < -0.4 is 0 Å². The second-order valence-corrected chi connectivity index (χ2v) is 2.52. The fourth-order valence-electron chi connectivity index (χ4n) is 1.11. The number of hydrogen-bond donors (Lipinski definition) is 0. The van der Waals surface area contributed by atoms with Crippen LogP contribution in [-0.4, -0.2) is 25.3 Å². The van der Waals surface area contributed by atoms with E-state index in [9.17, 15) is 0 Å². The second-order valence-electron chi connectivity index (χ2n) is 2.52. The van der Waals surface area contributed by atoms with Crippen LogP contribution in [0.1, 0.15) is 13.8 Å². The lowest BCUT2D eigenvalue weighted by atomic mass is 10.4. The van der Waals surface area contributed by atoms with E-state index in [0.717, 1.165) is 0 Å². The zero-order valence-corrected chi connectivity index (χ0v) is 8.06. The first kappa shape index (κ1) is 10.2. The fourth-order valence-corrected chi connectivity index (χ4v) is 1.11. The average Bonchev–Trinajstić information content (AvgIpc) is 2.32. The molecule has 0 N–H and O–H groups in total. The summed E-state index contributed by atoms with van der Waals surface area (Å²) in [7, 11) is 0. The zero-order chi connectivity index (χ0) is 9.57. The van der Waals surface area contributed by atoms with Gasteiger partial charge in [-0.2, -0.15) is 0 Å². The lowest BCUT2D eigenvalue weighted by Gasteiger charge is -2.24. The van der Waals surface area contributed by atoms with Gasteiger partial charge >= 0.3 is 0 Å².